The van der Waals surface area contributed by atoms with Gasteiger partial charge in [-0.25, -0.2) is 0 Å². The van der Waals surface area contributed by atoms with Gasteiger partial charge >= 0.3 is 0 Å². The zero-order valence-corrected chi connectivity index (χ0v) is 13.5. The molecule has 1 unspecified atom stereocenters. The highest BCUT2D eigenvalue weighted by atomic mass is 32.2. The van der Waals surface area contributed by atoms with Crippen molar-refractivity contribution in [2.45, 2.75) is 47.5 Å². The van der Waals surface area contributed by atoms with E-state index in [1.807, 2.05) is 11.8 Å². The maximum Gasteiger partial charge on any atom is 0.223 e. The van der Waals surface area contributed by atoms with Crippen LogP contribution in [0.3, 0.4) is 0 Å². The molecule has 0 N–H and O–H groups in total. The second kappa shape index (κ2) is 6.83. The summed E-state index contributed by atoms with van der Waals surface area (Å²) in [6.07, 6.45) is 1.89. The Morgan fingerprint density at radius 1 is 1.39 bits per heavy atom. The van der Waals surface area contributed by atoms with Crippen molar-refractivity contribution in [3.05, 3.63) is 0 Å². The fourth-order valence-electron chi connectivity index (χ4n) is 2.33. The molecule has 1 fully saturated rings. The van der Waals surface area contributed by atoms with E-state index >= 15 is 0 Å². The molecule has 1 rings (SSSR count). The summed E-state index contributed by atoms with van der Waals surface area (Å²) in [5.74, 6) is 3.90. The summed E-state index contributed by atoms with van der Waals surface area (Å²) in [6, 6.07) is 0. The fraction of sp³-hybridized carbons (Fsp3) is 0.933. The molecule has 3 heteroatoms. The van der Waals surface area contributed by atoms with Gasteiger partial charge in [-0.05, 0) is 29.4 Å². The quantitative estimate of drug-likeness (QED) is 0.711. The normalized spacial score (nSPS) is 20.8. The highest BCUT2D eigenvalue weighted by Gasteiger charge is 2.33. The van der Waals surface area contributed by atoms with Gasteiger partial charge in [-0.3, -0.25) is 4.79 Å². The van der Waals surface area contributed by atoms with E-state index in [-0.39, 0.29) is 0 Å². The molecule has 2 nitrogen and oxygen atoms in total. The van der Waals surface area contributed by atoms with E-state index in [9.17, 15) is 4.79 Å². The molecule has 0 aromatic heterocycles. The lowest BCUT2D eigenvalue weighted by Crippen LogP contribution is -2.31. The molecule has 1 aliphatic heterocycles. The Kier molecular flexibility index (Phi) is 6.03. The Balaban J connectivity index is 2.24. The smallest absolute Gasteiger partial charge is 0.223 e. The van der Waals surface area contributed by atoms with Crippen LogP contribution >= 0.6 is 11.8 Å². The van der Waals surface area contributed by atoms with Gasteiger partial charge < -0.3 is 4.90 Å². The summed E-state index contributed by atoms with van der Waals surface area (Å²) in [4.78, 5) is 14.2. The largest absolute Gasteiger partial charge is 0.342 e. The summed E-state index contributed by atoms with van der Waals surface area (Å²) in [5, 5.41) is 0. The van der Waals surface area contributed by atoms with Crippen LogP contribution in [-0.2, 0) is 4.79 Å². The molecule has 0 bridgehead atoms. The lowest BCUT2D eigenvalue weighted by atomic mass is 9.80. The molecule has 0 spiro atoms. The number of rotatable bonds is 5. The maximum absolute atomic E-state index is 12.1. The average Bonchev–Trinajstić information content (AvgIpc) is 2.72. The van der Waals surface area contributed by atoms with E-state index in [0.29, 0.717) is 23.7 Å². The average molecular weight is 271 g/mol. The lowest BCUT2D eigenvalue weighted by Gasteiger charge is -2.27. The van der Waals surface area contributed by atoms with Gasteiger partial charge in [-0.1, -0.05) is 34.6 Å². The summed E-state index contributed by atoms with van der Waals surface area (Å²) < 4.78 is 0. The van der Waals surface area contributed by atoms with Crippen molar-refractivity contribution in [2.24, 2.45) is 17.3 Å². The summed E-state index contributed by atoms with van der Waals surface area (Å²) in [6.45, 7) is 13.2. The minimum atomic E-state index is 0.335. The molecule has 0 aromatic rings. The molecule has 1 heterocycles. The molecule has 0 aliphatic carbocycles. The summed E-state index contributed by atoms with van der Waals surface area (Å²) >= 11 is 1.91. The van der Waals surface area contributed by atoms with Gasteiger partial charge in [-0.2, -0.15) is 11.8 Å². The second-order valence-corrected chi connectivity index (χ2v) is 8.06. The van der Waals surface area contributed by atoms with E-state index < -0.39 is 0 Å². The zero-order valence-electron chi connectivity index (χ0n) is 12.7. The molecule has 0 aromatic carbocycles. The first-order valence-electron chi connectivity index (χ1n) is 7.16. The highest BCUT2D eigenvalue weighted by molar-refractivity contribution is 7.99. The van der Waals surface area contributed by atoms with Gasteiger partial charge in [0.05, 0.1) is 0 Å². The zero-order chi connectivity index (χ0) is 13.8. The third-order valence-corrected chi connectivity index (χ3v) is 5.07. The number of likely N-dealkylation sites (tertiary alicyclic amines) is 1. The first kappa shape index (κ1) is 15.9. The molecule has 0 radical (unpaired) electrons. The Morgan fingerprint density at radius 2 is 2.06 bits per heavy atom. The van der Waals surface area contributed by atoms with Crippen LogP contribution in [0.1, 0.15) is 47.5 Å². The van der Waals surface area contributed by atoms with E-state index in [4.69, 9.17) is 0 Å². The number of nitrogens with zero attached hydrogens (tertiary/aromatic N) is 1. The van der Waals surface area contributed by atoms with Crippen molar-refractivity contribution in [2.75, 3.05) is 24.6 Å². The van der Waals surface area contributed by atoms with E-state index in [2.05, 4.69) is 39.5 Å². The van der Waals surface area contributed by atoms with Gasteiger partial charge in [0.2, 0.25) is 5.91 Å². The number of amides is 1. The number of thioether (sulfide) groups is 1. The van der Waals surface area contributed by atoms with Crippen LogP contribution in [-0.4, -0.2) is 35.4 Å². The SMILES string of the molecule is CC(C)CSCCC(=O)N1CCC(C(C)(C)C)C1. The molecule has 1 aliphatic rings. The van der Waals surface area contributed by atoms with Crippen molar-refractivity contribution < 1.29 is 4.79 Å². The van der Waals surface area contributed by atoms with Gasteiger partial charge in [-0.15, -0.1) is 0 Å². The predicted octanol–water partition coefficient (Wildman–Crippen LogP) is 3.66. The molecule has 18 heavy (non-hydrogen) atoms. The van der Waals surface area contributed by atoms with Crippen molar-refractivity contribution >= 4 is 17.7 Å². The van der Waals surface area contributed by atoms with E-state index in [1.54, 1.807) is 0 Å². The lowest BCUT2D eigenvalue weighted by molar-refractivity contribution is -0.129. The standard InChI is InChI=1S/C15H29NOS/c1-12(2)11-18-9-7-14(17)16-8-6-13(10-16)15(3,4)5/h12-13H,6-11H2,1-5H3. The monoisotopic (exact) mass is 271 g/mol. The Bertz CT molecular complexity index is 270. The third kappa shape index (κ3) is 5.21. The van der Waals surface area contributed by atoms with Crippen LogP contribution in [0.4, 0.5) is 0 Å². The van der Waals surface area contributed by atoms with Crippen LogP contribution in [0.25, 0.3) is 0 Å². The van der Waals surface area contributed by atoms with Crippen LogP contribution in [0, 0.1) is 17.3 Å². The molecule has 1 atom stereocenters. The van der Waals surface area contributed by atoms with Gasteiger partial charge in [0.1, 0.15) is 0 Å². The Labute approximate surface area is 117 Å². The summed E-state index contributed by atoms with van der Waals surface area (Å²) in [5.41, 5.74) is 0.335. The van der Waals surface area contributed by atoms with Crippen molar-refractivity contribution in [3.8, 4) is 0 Å². The van der Waals surface area contributed by atoms with Crippen molar-refractivity contribution in [1.29, 1.82) is 0 Å². The van der Waals surface area contributed by atoms with Crippen molar-refractivity contribution in [1.82, 2.24) is 4.90 Å². The minimum absolute atomic E-state index is 0.335. The van der Waals surface area contributed by atoms with Crippen LogP contribution in [0.15, 0.2) is 0 Å². The van der Waals surface area contributed by atoms with Crippen LogP contribution < -0.4 is 0 Å². The highest BCUT2D eigenvalue weighted by Crippen LogP contribution is 2.33. The van der Waals surface area contributed by atoms with E-state index in [0.717, 1.165) is 30.5 Å². The molecule has 106 valence electrons. The maximum atomic E-state index is 12.1. The minimum Gasteiger partial charge on any atom is -0.342 e. The number of hydrogen-bond donors (Lipinski definition) is 0. The van der Waals surface area contributed by atoms with Crippen LogP contribution in [0.5, 0.6) is 0 Å². The fourth-order valence-corrected chi connectivity index (χ4v) is 3.29. The summed E-state index contributed by atoms with van der Waals surface area (Å²) in [7, 11) is 0. The van der Waals surface area contributed by atoms with Gasteiger partial charge in [0.25, 0.3) is 0 Å². The topological polar surface area (TPSA) is 20.3 Å². The Hall–Kier alpha value is -0.180. The van der Waals surface area contributed by atoms with Crippen molar-refractivity contribution in [3.63, 3.8) is 0 Å². The second-order valence-electron chi connectivity index (χ2n) is 6.91. The van der Waals surface area contributed by atoms with Gasteiger partial charge in [0.15, 0.2) is 0 Å². The molecule has 0 saturated carbocycles. The van der Waals surface area contributed by atoms with E-state index in [1.165, 1.54) is 6.42 Å². The van der Waals surface area contributed by atoms with Crippen LogP contribution in [0.2, 0.25) is 0 Å². The number of hydrogen-bond acceptors (Lipinski definition) is 2. The molecule has 1 amide bonds. The predicted molar refractivity (Wildman–Crippen MR) is 80.9 cm³/mol. The van der Waals surface area contributed by atoms with Gasteiger partial charge in [0, 0.05) is 25.3 Å². The molecule has 1 saturated heterocycles. The number of carbonyl (C=O) groups excluding carboxylic acids is 1. The first-order chi connectivity index (χ1) is 8.30. The molecular formula is C15H29NOS. The Morgan fingerprint density at radius 3 is 2.56 bits per heavy atom. The third-order valence-electron chi connectivity index (χ3n) is 3.68. The molecular weight excluding hydrogens is 242 g/mol. The first-order valence-corrected chi connectivity index (χ1v) is 8.31. The number of carbonyl (C=O) groups is 1.